The molecule has 0 aliphatic carbocycles. The van der Waals surface area contributed by atoms with Gasteiger partial charge in [-0.25, -0.2) is 14.3 Å². The fraction of sp³-hybridized carbons (Fsp3) is 0.250. The molecule has 0 bridgehead atoms. The predicted octanol–water partition coefficient (Wildman–Crippen LogP) is 2.03. The van der Waals surface area contributed by atoms with E-state index >= 15 is 0 Å². The monoisotopic (exact) mass is 411 g/mol. The normalized spacial score (nSPS) is 10.5. The molecular weight excluding hydrogens is 394 g/mol. The zero-order chi connectivity index (χ0) is 18.5. The van der Waals surface area contributed by atoms with E-state index in [-0.39, 0.29) is 4.90 Å². The molecule has 8 heteroatoms. The maximum Gasteiger partial charge on any atom is 0.226 e. The summed E-state index contributed by atoms with van der Waals surface area (Å²) in [6.45, 7) is 5.12. The van der Waals surface area contributed by atoms with Crippen LogP contribution in [0.5, 0.6) is 0 Å². The molecule has 1 aromatic heterocycles. The highest BCUT2D eigenvalue weighted by molar-refractivity contribution is 9.10. The first-order chi connectivity index (χ1) is 11.1. The number of hydrogen-bond donors (Lipinski definition) is 1. The second-order valence-corrected chi connectivity index (χ2v) is 7.49. The van der Waals surface area contributed by atoms with Gasteiger partial charge in [-0.2, -0.15) is 5.26 Å². The molecule has 6 nitrogen and oxygen atoms in total. The van der Waals surface area contributed by atoms with Gasteiger partial charge in [-0.1, -0.05) is 38.3 Å². The van der Waals surface area contributed by atoms with Gasteiger partial charge >= 0.3 is 0 Å². The van der Waals surface area contributed by atoms with Crippen LogP contribution in [0.25, 0.3) is 0 Å². The van der Waals surface area contributed by atoms with E-state index in [1.165, 1.54) is 4.68 Å². The Morgan fingerprint density at radius 1 is 1.25 bits per heavy atom. The minimum Gasteiger partial charge on any atom is -0.744 e. The molecular formula is C16H18BrN3O3S. The minimum atomic E-state index is -4.33. The molecule has 24 heavy (non-hydrogen) atoms. The lowest BCUT2D eigenvalue weighted by atomic mass is 10.1. The summed E-state index contributed by atoms with van der Waals surface area (Å²) in [4.78, 5) is -0.0851. The summed E-state index contributed by atoms with van der Waals surface area (Å²) in [7, 11) is -4.33. The number of halogens is 1. The maximum atomic E-state index is 10.8. The van der Waals surface area contributed by atoms with Crippen molar-refractivity contribution in [1.82, 2.24) is 0 Å². The van der Waals surface area contributed by atoms with Crippen molar-refractivity contribution < 1.29 is 17.6 Å². The van der Waals surface area contributed by atoms with Crippen molar-refractivity contribution in [2.75, 3.05) is 5.84 Å². The van der Waals surface area contributed by atoms with Gasteiger partial charge in [-0.05, 0) is 31.9 Å². The zero-order valence-corrected chi connectivity index (χ0v) is 16.0. The van der Waals surface area contributed by atoms with Crippen LogP contribution in [-0.2, 0) is 16.5 Å². The number of nitrogen functional groups attached to an aromatic ring is 1. The first-order valence-corrected chi connectivity index (χ1v) is 9.12. The lowest BCUT2D eigenvalue weighted by molar-refractivity contribution is -0.646. The molecule has 0 aliphatic heterocycles. The number of rotatable bonds is 2. The smallest absolute Gasteiger partial charge is 0.226 e. The molecule has 2 N–H and O–H groups in total. The highest BCUT2D eigenvalue weighted by atomic mass is 79.9. The molecule has 0 unspecified atom stereocenters. The third-order valence-corrected chi connectivity index (χ3v) is 4.78. The Morgan fingerprint density at radius 3 is 2.25 bits per heavy atom. The molecule has 0 spiro atoms. The Hall–Kier alpha value is -1.95. The first-order valence-electron chi connectivity index (χ1n) is 6.92. The van der Waals surface area contributed by atoms with Crippen LogP contribution in [0.3, 0.4) is 0 Å². The van der Waals surface area contributed by atoms with Gasteiger partial charge in [0.25, 0.3) is 0 Å². The highest BCUT2D eigenvalue weighted by Gasteiger charge is 2.09. The molecule has 0 aliphatic rings. The Bertz CT molecular complexity index is 867. The Labute approximate surface area is 150 Å². The number of aromatic nitrogens is 1. The second-order valence-electron chi connectivity index (χ2n) is 5.26. The lowest BCUT2D eigenvalue weighted by Crippen LogP contribution is -2.47. The molecule has 128 valence electrons. The van der Waals surface area contributed by atoms with Crippen LogP contribution in [0.15, 0.2) is 39.8 Å². The summed E-state index contributed by atoms with van der Waals surface area (Å²) in [5, 5.41) is 8.40. The van der Waals surface area contributed by atoms with E-state index in [9.17, 15) is 13.0 Å². The van der Waals surface area contributed by atoms with Crippen molar-refractivity contribution in [3.63, 3.8) is 0 Å². The van der Waals surface area contributed by atoms with Gasteiger partial charge in [0.2, 0.25) is 11.9 Å². The van der Waals surface area contributed by atoms with Crippen LogP contribution in [0, 0.1) is 32.1 Å². The lowest BCUT2D eigenvalue weighted by Gasteiger charge is -2.14. The number of nitriles is 1. The first kappa shape index (κ1) is 20.1. The third kappa shape index (κ3) is 5.60. The van der Waals surface area contributed by atoms with Gasteiger partial charge in [0.1, 0.15) is 16.5 Å². The number of aryl methyl sites for hydroxylation is 3. The third-order valence-electron chi connectivity index (χ3n) is 3.15. The number of nitrogens with two attached hydrogens (primary N) is 1. The van der Waals surface area contributed by atoms with Crippen molar-refractivity contribution in [3.05, 3.63) is 57.3 Å². The van der Waals surface area contributed by atoms with E-state index in [2.05, 4.69) is 15.9 Å². The molecule has 2 rings (SSSR count). The van der Waals surface area contributed by atoms with Crippen LogP contribution >= 0.6 is 15.9 Å². The van der Waals surface area contributed by atoms with Gasteiger partial charge < -0.3 is 4.55 Å². The Morgan fingerprint density at radius 2 is 1.79 bits per heavy atom. The Kier molecular flexibility index (Phi) is 6.90. The van der Waals surface area contributed by atoms with Crippen molar-refractivity contribution >= 4 is 26.0 Å². The van der Waals surface area contributed by atoms with Crippen molar-refractivity contribution in [1.29, 1.82) is 5.26 Å². The minimum absolute atomic E-state index is 0.0851. The van der Waals surface area contributed by atoms with E-state index in [0.29, 0.717) is 17.5 Å². The van der Waals surface area contributed by atoms with Gasteiger partial charge in [-0.3, -0.25) is 0 Å². The number of benzene rings is 1. The largest absolute Gasteiger partial charge is 0.744 e. The van der Waals surface area contributed by atoms with Gasteiger partial charge in [0.15, 0.2) is 0 Å². The number of pyridine rings is 1. The van der Waals surface area contributed by atoms with Crippen molar-refractivity contribution in [2.45, 2.75) is 32.1 Å². The Balaban J connectivity index is 0.000000243. The van der Waals surface area contributed by atoms with Crippen molar-refractivity contribution in [2.24, 2.45) is 0 Å². The van der Waals surface area contributed by atoms with E-state index in [1.54, 1.807) is 32.2 Å². The predicted molar refractivity (Wildman–Crippen MR) is 92.4 cm³/mol. The summed E-state index contributed by atoms with van der Waals surface area (Å²) in [6, 6.07) is 9.06. The van der Waals surface area contributed by atoms with Crippen LogP contribution in [0.4, 0.5) is 0 Å². The van der Waals surface area contributed by atoms with E-state index in [1.807, 2.05) is 25.1 Å². The summed E-state index contributed by atoms with van der Waals surface area (Å²) in [5.41, 5.74) is 2.80. The topological polar surface area (TPSA) is 111 Å². The summed E-state index contributed by atoms with van der Waals surface area (Å²) in [6.07, 6.45) is 2.03. The molecule has 0 saturated heterocycles. The molecule has 1 heterocycles. The molecule has 0 radical (unpaired) electrons. The van der Waals surface area contributed by atoms with Gasteiger partial charge in [0, 0.05) is 16.6 Å². The fourth-order valence-electron chi connectivity index (χ4n) is 2.31. The SMILES string of the molecule is Cc1cc(C)c(S(=O)(=O)[O-])c(C)c1.N#CCc1cc(Br)cc[n+]1N. The summed E-state index contributed by atoms with van der Waals surface area (Å²) in [5.74, 6) is 5.52. The highest BCUT2D eigenvalue weighted by Crippen LogP contribution is 2.20. The van der Waals surface area contributed by atoms with E-state index < -0.39 is 10.1 Å². The van der Waals surface area contributed by atoms with E-state index in [0.717, 1.165) is 15.7 Å². The zero-order valence-electron chi connectivity index (χ0n) is 13.6. The quantitative estimate of drug-likeness (QED) is 0.461. The summed E-state index contributed by atoms with van der Waals surface area (Å²) >= 11 is 3.29. The van der Waals surface area contributed by atoms with Crippen molar-refractivity contribution in [3.8, 4) is 6.07 Å². The average Bonchev–Trinajstić information content (AvgIpc) is 2.41. The molecule has 0 atom stereocenters. The average molecular weight is 412 g/mol. The van der Waals surface area contributed by atoms with E-state index in [4.69, 9.17) is 11.1 Å². The summed E-state index contributed by atoms with van der Waals surface area (Å²) < 4.78 is 34.9. The van der Waals surface area contributed by atoms with Crippen LogP contribution in [0.2, 0.25) is 0 Å². The molecule has 0 amide bonds. The fourth-order valence-corrected chi connectivity index (χ4v) is 3.60. The second kappa shape index (κ2) is 8.24. The standard InChI is InChI=1S/C9H12O3S.C7H7BrN3/c1-6-4-7(2)9(8(3)5-6)13(10,11)12;8-6-2-4-11(10)7(5-6)1-3-9/h4-5H,1-3H3,(H,10,11,12);2,4-5H,1,10H2/q;+1/p-1. The molecule has 1 aromatic carbocycles. The van der Waals surface area contributed by atoms with Crippen LogP contribution < -0.4 is 10.5 Å². The van der Waals surface area contributed by atoms with Gasteiger partial charge in [0.05, 0.1) is 11.0 Å². The molecule has 2 aromatic rings. The molecule has 0 saturated carbocycles. The maximum absolute atomic E-state index is 10.8. The van der Waals surface area contributed by atoms with Crippen LogP contribution in [0.1, 0.15) is 22.4 Å². The number of hydrogen-bond acceptors (Lipinski definition) is 5. The molecule has 0 fully saturated rings. The number of nitrogens with zero attached hydrogens (tertiary/aromatic N) is 2. The van der Waals surface area contributed by atoms with Crippen LogP contribution in [-0.4, -0.2) is 13.0 Å². The van der Waals surface area contributed by atoms with Gasteiger partial charge in [-0.15, -0.1) is 0 Å².